The number of hydrogen-bond donors (Lipinski definition) is 2. The Morgan fingerprint density at radius 3 is 2.60 bits per heavy atom. The van der Waals surface area contributed by atoms with Crippen LogP contribution in [0.4, 0.5) is 0 Å². The summed E-state index contributed by atoms with van der Waals surface area (Å²) in [5.74, 6) is 1.07. The van der Waals surface area contributed by atoms with Crippen LogP contribution in [0.5, 0.6) is 0 Å². The van der Waals surface area contributed by atoms with Gasteiger partial charge in [0.05, 0.1) is 4.91 Å². The average molecular weight is 349 g/mol. The molecule has 0 aliphatic carbocycles. The fourth-order valence-corrected chi connectivity index (χ4v) is 2.72. The van der Waals surface area contributed by atoms with Gasteiger partial charge in [-0.05, 0) is 36.0 Å². The fourth-order valence-electron chi connectivity index (χ4n) is 1.77. The molecule has 2 heterocycles. The number of thioether (sulfide) groups is 1. The van der Waals surface area contributed by atoms with E-state index in [4.69, 9.17) is 9.83 Å². The molecule has 1 aromatic heterocycles. The van der Waals surface area contributed by atoms with Crippen LogP contribution in [0, 0.1) is 5.41 Å². The predicted octanol–water partition coefficient (Wildman–Crippen LogP) is 3.85. The van der Waals surface area contributed by atoms with Gasteiger partial charge in [0.2, 0.25) is 0 Å². The van der Waals surface area contributed by atoms with E-state index in [0.29, 0.717) is 10.7 Å². The smallest absolute Gasteiger partial charge is 0.264 e. The van der Waals surface area contributed by atoms with Crippen molar-refractivity contribution >= 4 is 44.8 Å². The second-order valence-corrected chi connectivity index (χ2v) is 6.07. The molecule has 0 radical (unpaired) electrons. The van der Waals surface area contributed by atoms with Gasteiger partial charge in [0.25, 0.3) is 5.91 Å². The van der Waals surface area contributed by atoms with E-state index in [1.165, 1.54) is 0 Å². The zero-order valence-corrected chi connectivity index (χ0v) is 12.5. The summed E-state index contributed by atoms with van der Waals surface area (Å²) in [5.41, 5.74) is 0.967. The van der Waals surface area contributed by atoms with Gasteiger partial charge in [-0.3, -0.25) is 10.2 Å². The molecule has 0 bridgehead atoms. The molecule has 100 valence electrons. The first-order valence-corrected chi connectivity index (χ1v) is 7.38. The van der Waals surface area contributed by atoms with Crippen molar-refractivity contribution in [1.82, 2.24) is 5.32 Å². The number of amidine groups is 1. The number of amides is 1. The van der Waals surface area contributed by atoms with Gasteiger partial charge in [-0.15, -0.1) is 0 Å². The van der Waals surface area contributed by atoms with Crippen LogP contribution in [0.3, 0.4) is 0 Å². The first-order valence-electron chi connectivity index (χ1n) is 5.77. The standard InChI is InChI=1S/C14H9BrN2O2S/c15-9-3-1-8(2-4-9)11-6-5-10(19-11)7-12-13(18)17-14(16)20-12/h1-7H,(H2,16,17,18)/b12-7-. The number of carbonyl (C=O) groups excluding carboxylic acids is 1. The number of halogens is 1. The quantitative estimate of drug-likeness (QED) is 0.810. The molecule has 0 unspecified atom stereocenters. The van der Waals surface area contributed by atoms with E-state index in [-0.39, 0.29) is 11.1 Å². The van der Waals surface area contributed by atoms with E-state index in [1.54, 1.807) is 12.1 Å². The molecule has 4 nitrogen and oxygen atoms in total. The molecule has 1 fully saturated rings. The van der Waals surface area contributed by atoms with Gasteiger partial charge < -0.3 is 9.73 Å². The summed E-state index contributed by atoms with van der Waals surface area (Å²) in [4.78, 5) is 12.0. The van der Waals surface area contributed by atoms with Gasteiger partial charge in [0.1, 0.15) is 11.5 Å². The molecule has 6 heteroatoms. The number of hydrogen-bond acceptors (Lipinski definition) is 4. The van der Waals surface area contributed by atoms with Crippen LogP contribution >= 0.6 is 27.7 Å². The second-order valence-electron chi connectivity index (χ2n) is 4.10. The lowest BCUT2D eigenvalue weighted by Crippen LogP contribution is -2.18. The van der Waals surface area contributed by atoms with Crippen molar-refractivity contribution in [3.8, 4) is 11.3 Å². The van der Waals surface area contributed by atoms with Gasteiger partial charge in [-0.1, -0.05) is 28.1 Å². The van der Waals surface area contributed by atoms with Crippen molar-refractivity contribution in [1.29, 1.82) is 5.41 Å². The van der Waals surface area contributed by atoms with E-state index >= 15 is 0 Å². The molecule has 3 rings (SSSR count). The molecule has 1 aliphatic rings. The third kappa shape index (κ3) is 2.71. The number of rotatable bonds is 2. The van der Waals surface area contributed by atoms with E-state index < -0.39 is 0 Å². The highest BCUT2D eigenvalue weighted by Crippen LogP contribution is 2.28. The molecular weight excluding hydrogens is 340 g/mol. The number of benzene rings is 1. The van der Waals surface area contributed by atoms with Crippen molar-refractivity contribution in [3.63, 3.8) is 0 Å². The summed E-state index contributed by atoms with van der Waals surface area (Å²) < 4.78 is 6.71. The molecule has 2 N–H and O–H groups in total. The number of furan rings is 1. The van der Waals surface area contributed by atoms with Gasteiger partial charge in [-0.25, -0.2) is 0 Å². The van der Waals surface area contributed by atoms with E-state index in [9.17, 15) is 4.79 Å². The summed E-state index contributed by atoms with van der Waals surface area (Å²) in [7, 11) is 0. The third-order valence-electron chi connectivity index (χ3n) is 2.69. The van der Waals surface area contributed by atoms with Crippen molar-refractivity contribution in [2.45, 2.75) is 0 Å². The Bertz CT molecular complexity index is 719. The Hall–Kier alpha value is -1.79. The zero-order chi connectivity index (χ0) is 14.1. The van der Waals surface area contributed by atoms with Gasteiger partial charge in [0.15, 0.2) is 5.17 Å². The fraction of sp³-hybridized carbons (Fsp3) is 0. The number of carbonyl (C=O) groups is 1. The molecule has 0 atom stereocenters. The zero-order valence-electron chi connectivity index (χ0n) is 10.1. The Morgan fingerprint density at radius 1 is 1.20 bits per heavy atom. The maximum Gasteiger partial charge on any atom is 0.264 e. The van der Waals surface area contributed by atoms with Gasteiger partial charge in [-0.2, -0.15) is 0 Å². The normalized spacial score (nSPS) is 16.8. The van der Waals surface area contributed by atoms with Crippen LogP contribution in [-0.4, -0.2) is 11.1 Å². The van der Waals surface area contributed by atoms with Crippen LogP contribution in [0.2, 0.25) is 0 Å². The molecule has 20 heavy (non-hydrogen) atoms. The van der Waals surface area contributed by atoms with Crippen molar-refractivity contribution in [2.75, 3.05) is 0 Å². The van der Waals surface area contributed by atoms with E-state index in [0.717, 1.165) is 27.6 Å². The molecular formula is C14H9BrN2O2S. The highest BCUT2D eigenvalue weighted by Gasteiger charge is 2.22. The first-order chi connectivity index (χ1) is 9.61. The molecule has 2 aromatic rings. The Morgan fingerprint density at radius 2 is 1.95 bits per heavy atom. The molecule has 1 aromatic carbocycles. The molecule has 1 aliphatic heterocycles. The Kier molecular flexibility index (Phi) is 3.50. The molecule has 0 saturated carbocycles. The lowest BCUT2D eigenvalue weighted by atomic mass is 10.2. The Balaban J connectivity index is 1.87. The lowest BCUT2D eigenvalue weighted by Gasteiger charge is -1.96. The first kappa shape index (κ1) is 13.2. The van der Waals surface area contributed by atoms with E-state index in [1.807, 2.05) is 30.3 Å². The summed E-state index contributed by atoms with van der Waals surface area (Å²) in [5, 5.41) is 9.95. The minimum atomic E-state index is -0.262. The summed E-state index contributed by atoms with van der Waals surface area (Å²) in [6, 6.07) is 11.5. The van der Waals surface area contributed by atoms with Crippen LogP contribution < -0.4 is 5.32 Å². The molecule has 1 amide bonds. The van der Waals surface area contributed by atoms with Crippen LogP contribution in [0.25, 0.3) is 17.4 Å². The SMILES string of the molecule is N=C1NC(=O)/C(=C/c2ccc(-c3ccc(Br)cc3)o2)S1. The minimum absolute atomic E-state index is 0.140. The van der Waals surface area contributed by atoms with Crippen LogP contribution in [0.1, 0.15) is 5.76 Å². The maximum absolute atomic E-state index is 11.5. The Labute approximate surface area is 127 Å². The largest absolute Gasteiger partial charge is 0.457 e. The summed E-state index contributed by atoms with van der Waals surface area (Å²) in [6.45, 7) is 0. The summed E-state index contributed by atoms with van der Waals surface area (Å²) >= 11 is 4.48. The van der Waals surface area contributed by atoms with Crippen molar-refractivity contribution in [3.05, 3.63) is 51.5 Å². The highest BCUT2D eigenvalue weighted by molar-refractivity contribution is 9.10. The highest BCUT2D eigenvalue weighted by atomic mass is 79.9. The predicted molar refractivity (Wildman–Crippen MR) is 83.3 cm³/mol. The number of nitrogens with one attached hydrogen (secondary N) is 2. The monoisotopic (exact) mass is 348 g/mol. The molecule has 0 spiro atoms. The van der Waals surface area contributed by atoms with E-state index in [2.05, 4.69) is 21.2 Å². The van der Waals surface area contributed by atoms with Crippen molar-refractivity contribution < 1.29 is 9.21 Å². The van der Waals surface area contributed by atoms with Crippen LogP contribution in [-0.2, 0) is 4.79 Å². The van der Waals surface area contributed by atoms with Crippen LogP contribution in [0.15, 0.2) is 50.2 Å². The minimum Gasteiger partial charge on any atom is -0.457 e. The topological polar surface area (TPSA) is 66.1 Å². The third-order valence-corrected chi connectivity index (χ3v) is 4.05. The lowest BCUT2D eigenvalue weighted by molar-refractivity contribution is -0.115. The molecule has 1 saturated heterocycles. The maximum atomic E-state index is 11.5. The average Bonchev–Trinajstić information content (AvgIpc) is 2.98. The van der Waals surface area contributed by atoms with Crippen molar-refractivity contribution in [2.24, 2.45) is 0 Å². The van der Waals surface area contributed by atoms with Gasteiger partial charge in [0, 0.05) is 16.1 Å². The van der Waals surface area contributed by atoms with Gasteiger partial charge >= 0.3 is 0 Å². The summed E-state index contributed by atoms with van der Waals surface area (Å²) in [6.07, 6.45) is 1.64. The second kappa shape index (κ2) is 5.30.